The molecule has 0 atom stereocenters. The Hall–Kier alpha value is -1.77. The fourth-order valence-corrected chi connectivity index (χ4v) is 2.56. The highest BCUT2D eigenvalue weighted by Crippen LogP contribution is 2.28. The maximum absolute atomic E-state index is 12.1. The van der Waals surface area contributed by atoms with E-state index in [0.29, 0.717) is 12.5 Å². The lowest BCUT2D eigenvalue weighted by Gasteiger charge is -2.29. The summed E-state index contributed by atoms with van der Waals surface area (Å²) in [5.74, 6) is 0.576. The van der Waals surface area contributed by atoms with Crippen molar-refractivity contribution in [1.82, 2.24) is 9.88 Å². The number of para-hydroxylation sites is 1. The maximum atomic E-state index is 12.1. The summed E-state index contributed by atoms with van der Waals surface area (Å²) in [4.78, 5) is 17.2. The molecule has 1 aliphatic rings. The number of nitrogens with zero attached hydrogens (tertiary/aromatic N) is 1. The summed E-state index contributed by atoms with van der Waals surface area (Å²) in [7, 11) is 1.91. The number of H-pyrrole nitrogens is 1. The van der Waals surface area contributed by atoms with Gasteiger partial charge in [-0.2, -0.15) is 0 Å². The van der Waals surface area contributed by atoms with E-state index in [-0.39, 0.29) is 5.92 Å². The number of carbonyl (C=O) groups is 1. The highest BCUT2D eigenvalue weighted by Gasteiger charge is 2.27. The third-order valence-electron chi connectivity index (χ3n) is 3.91. The van der Waals surface area contributed by atoms with E-state index in [2.05, 4.69) is 17.1 Å². The zero-order valence-corrected chi connectivity index (χ0v) is 10.6. The van der Waals surface area contributed by atoms with Gasteiger partial charge in [-0.05, 0) is 24.5 Å². The molecule has 1 heterocycles. The van der Waals surface area contributed by atoms with Crippen molar-refractivity contribution in [2.75, 3.05) is 7.05 Å². The molecule has 3 nitrogen and oxygen atoms in total. The van der Waals surface area contributed by atoms with E-state index in [1.54, 1.807) is 0 Å². The van der Waals surface area contributed by atoms with Crippen LogP contribution in [0, 0.1) is 5.92 Å². The van der Waals surface area contributed by atoms with Crippen LogP contribution in [0.15, 0.2) is 30.5 Å². The minimum atomic E-state index is 0.278. The third-order valence-corrected chi connectivity index (χ3v) is 3.91. The van der Waals surface area contributed by atoms with Crippen molar-refractivity contribution in [3.05, 3.63) is 36.0 Å². The first-order chi connectivity index (χ1) is 8.75. The Morgan fingerprint density at radius 2 is 2.17 bits per heavy atom. The van der Waals surface area contributed by atoms with Crippen LogP contribution in [0.5, 0.6) is 0 Å². The largest absolute Gasteiger partial charge is 0.361 e. The molecule has 1 N–H and O–H groups in total. The standard InChI is InChI=1S/C15H18N2O/c1-17(15(18)11-5-4-6-11)10-12-9-16-14-8-3-2-7-13(12)14/h2-3,7-9,11,16H,4-6,10H2,1H3. The number of rotatable bonds is 3. The second kappa shape index (κ2) is 4.48. The van der Waals surface area contributed by atoms with Gasteiger partial charge in [0.2, 0.25) is 5.91 Å². The van der Waals surface area contributed by atoms with Crippen molar-refractivity contribution in [1.29, 1.82) is 0 Å². The van der Waals surface area contributed by atoms with Gasteiger partial charge >= 0.3 is 0 Å². The molecule has 18 heavy (non-hydrogen) atoms. The zero-order chi connectivity index (χ0) is 12.5. The first-order valence-corrected chi connectivity index (χ1v) is 6.55. The Labute approximate surface area is 107 Å². The lowest BCUT2D eigenvalue weighted by molar-refractivity contribution is -0.137. The molecule has 0 bridgehead atoms. The van der Waals surface area contributed by atoms with Gasteiger partial charge in [0.25, 0.3) is 0 Å². The van der Waals surface area contributed by atoms with Crippen molar-refractivity contribution in [3.63, 3.8) is 0 Å². The normalized spacial score (nSPS) is 15.6. The Morgan fingerprint density at radius 1 is 1.39 bits per heavy atom. The Bertz CT molecular complexity index is 569. The summed E-state index contributed by atoms with van der Waals surface area (Å²) >= 11 is 0. The highest BCUT2D eigenvalue weighted by atomic mass is 16.2. The third kappa shape index (κ3) is 1.90. The second-order valence-corrected chi connectivity index (χ2v) is 5.18. The summed E-state index contributed by atoms with van der Waals surface area (Å²) in [5.41, 5.74) is 2.33. The summed E-state index contributed by atoms with van der Waals surface area (Å²) in [5, 5.41) is 1.21. The molecule has 1 fully saturated rings. The monoisotopic (exact) mass is 242 g/mol. The number of amides is 1. The lowest BCUT2D eigenvalue weighted by atomic mass is 9.84. The summed E-state index contributed by atoms with van der Waals surface area (Å²) < 4.78 is 0. The van der Waals surface area contributed by atoms with E-state index in [4.69, 9.17) is 0 Å². The molecule has 0 unspecified atom stereocenters. The number of hydrogen-bond acceptors (Lipinski definition) is 1. The van der Waals surface area contributed by atoms with Gasteiger partial charge in [-0.25, -0.2) is 0 Å². The minimum absolute atomic E-state index is 0.278. The van der Waals surface area contributed by atoms with Crippen molar-refractivity contribution in [3.8, 4) is 0 Å². The smallest absolute Gasteiger partial charge is 0.225 e. The topological polar surface area (TPSA) is 36.1 Å². The van der Waals surface area contributed by atoms with Crippen LogP contribution in [0.1, 0.15) is 24.8 Å². The molecule has 94 valence electrons. The van der Waals surface area contributed by atoms with Crippen LogP contribution in [0.4, 0.5) is 0 Å². The van der Waals surface area contributed by atoms with Gasteiger partial charge in [0.05, 0.1) is 0 Å². The molecule has 1 aromatic heterocycles. The van der Waals surface area contributed by atoms with E-state index in [1.165, 1.54) is 17.4 Å². The van der Waals surface area contributed by atoms with Crippen molar-refractivity contribution in [2.24, 2.45) is 5.92 Å². The number of fused-ring (bicyclic) bond motifs is 1. The molecule has 0 radical (unpaired) electrons. The van der Waals surface area contributed by atoms with Crippen LogP contribution in [0.3, 0.4) is 0 Å². The average Bonchev–Trinajstić information content (AvgIpc) is 2.70. The van der Waals surface area contributed by atoms with E-state index < -0.39 is 0 Å². The van der Waals surface area contributed by atoms with Gasteiger partial charge in [-0.1, -0.05) is 24.6 Å². The summed E-state index contributed by atoms with van der Waals surface area (Å²) in [6, 6.07) is 8.22. The molecule has 0 saturated heterocycles. The van der Waals surface area contributed by atoms with Crippen LogP contribution in [0.2, 0.25) is 0 Å². The Balaban J connectivity index is 1.77. The van der Waals surface area contributed by atoms with Crippen molar-refractivity contribution < 1.29 is 4.79 Å². The van der Waals surface area contributed by atoms with Crippen molar-refractivity contribution in [2.45, 2.75) is 25.8 Å². The van der Waals surface area contributed by atoms with Gasteiger partial charge in [0, 0.05) is 36.6 Å². The van der Waals surface area contributed by atoms with Crippen LogP contribution in [-0.4, -0.2) is 22.8 Å². The fourth-order valence-electron chi connectivity index (χ4n) is 2.56. The molecule has 2 aromatic rings. The van der Waals surface area contributed by atoms with E-state index in [9.17, 15) is 4.79 Å². The van der Waals surface area contributed by atoms with E-state index in [0.717, 1.165) is 18.4 Å². The summed E-state index contributed by atoms with van der Waals surface area (Å²) in [6.07, 6.45) is 5.35. The van der Waals surface area contributed by atoms with Gasteiger partial charge < -0.3 is 9.88 Å². The number of aromatic nitrogens is 1. The van der Waals surface area contributed by atoms with Crippen LogP contribution >= 0.6 is 0 Å². The van der Waals surface area contributed by atoms with Gasteiger partial charge in [0.1, 0.15) is 0 Å². The van der Waals surface area contributed by atoms with Crippen LogP contribution < -0.4 is 0 Å². The molecule has 1 amide bonds. The molecule has 1 aliphatic carbocycles. The number of carbonyl (C=O) groups excluding carboxylic acids is 1. The molecular weight excluding hydrogens is 224 g/mol. The molecular formula is C15H18N2O. The van der Waals surface area contributed by atoms with Gasteiger partial charge in [-0.3, -0.25) is 4.79 Å². The summed E-state index contributed by atoms with van der Waals surface area (Å²) in [6.45, 7) is 0.694. The fraction of sp³-hybridized carbons (Fsp3) is 0.400. The number of benzene rings is 1. The second-order valence-electron chi connectivity index (χ2n) is 5.18. The zero-order valence-electron chi connectivity index (χ0n) is 10.6. The molecule has 0 spiro atoms. The molecule has 3 heteroatoms. The first kappa shape index (κ1) is 11.3. The first-order valence-electron chi connectivity index (χ1n) is 6.55. The number of hydrogen-bond donors (Lipinski definition) is 1. The molecule has 1 aromatic carbocycles. The Kier molecular flexibility index (Phi) is 2.82. The average molecular weight is 242 g/mol. The number of nitrogens with one attached hydrogen (secondary N) is 1. The quantitative estimate of drug-likeness (QED) is 0.882. The van der Waals surface area contributed by atoms with Crippen LogP contribution in [-0.2, 0) is 11.3 Å². The molecule has 0 aliphatic heterocycles. The van der Waals surface area contributed by atoms with Crippen LogP contribution in [0.25, 0.3) is 10.9 Å². The van der Waals surface area contributed by atoms with Gasteiger partial charge in [-0.15, -0.1) is 0 Å². The maximum Gasteiger partial charge on any atom is 0.225 e. The molecule has 3 rings (SSSR count). The molecule has 1 saturated carbocycles. The highest BCUT2D eigenvalue weighted by molar-refractivity contribution is 5.84. The van der Waals surface area contributed by atoms with E-state index >= 15 is 0 Å². The lowest BCUT2D eigenvalue weighted by Crippen LogP contribution is -2.35. The van der Waals surface area contributed by atoms with Crippen molar-refractivity contribution >= 4 is 16.8 Å². The minimum Gasteiger partial charge on any atom is -0.361 e. The van der Waals surface area contributed by atoms with E-state index in [1.807, 2.05) is 30.3 Å². The SMILES string of the molecule is CN(Cc1c[nH]c2ccccc12)C(=O)C1CCC1. The van der Waals surface area contributed by atoms with Gasteiger partial charge in [0.15, 0.2) is 0 Å². The predicted molar refractivity (Wildman–Crippen MR) is 72.1 cm³/mol. The Morgan fingerprint density at radius 3 is 2.89 bits per heavy atom. The number of aromatic amines is 1. The predicted octanol–water partition coefficient (Wildman–Crippen LogP) is 2.93.